The van der Waals surface area contributed by atoms with Crippen LogP contribution in [0.4, 0.5) is 0 Å². The van der Waals surface area contributed by atoms with Crippen LogP contribution in [-0.4, -0.2) is 26.8 Å². The van der Waals surface area contributed by atoms with E-state index in [-0.39, 0.29) is 5.69 Å². The Morgan fingerprint density at radius 1 is 1.00 bits per heavy atom. The molecule has 0 unspecified atom stereocenters. The third kappa shape index (κ3) is 3.30. The molecule has 0 spiro atoms. The van der Waals surface area contributed by atoms with Gasteiger partial charge in [0, 0.05) is 0 Å². The molecular formula is C17H15N5O2. The smallest absolute Gasteiger partial charge is 0.274 e. The van der Waals surface area contributed by atoms with Crippen molar-refractivity contribution in [3.8, 4) is 5.69 Å². The Hall–Kier alpha value is -3.48. The molecule has 0 bridgehead atoms. The van der Waals surface area contributed by atoms with Crippen molar-refractivity contribution in [1.29, 1.82) is 0 Å². The molecule has 2 aromatic carbocycles. The molecule has 0 aliphatic heterocycles. The molecule has 0 fully saturated rings. The summed E-state index contributed by atoms with van der Waals surface area (Å²) in [6.07, 6.45) is 1.34. The zero-order valence-electron chi connectivity index (χ0n) is 12.7. The summed E-state index contributed by atoms with van der Waals surface area (Å²) < 4.78 is 0. The van der Waals surface area contributed by atoms with E-state index in [1.807, 2.05) is 36.4 Å². The minimum atomic E-state index is -0.930. The van der Waals surface area contributed by atoms with E-state index in [2.05, 4.69) is 15.5 Å². The van der Waals surface area contributed by atoms with Crippen LogP contribution in [0.3, 0.4) is 0 Å². The van der Waals surface area contributed by atoms with Crippen molar-refractivity contribution in [3.63, 3.8) is 0 Å². The fourth-order valence-electron chi connectivity index (χ4n) is 2.22. The number of hydrogen-bond acceptors (Lipinski definition) is 4. The van der Waals surface area contributed by atoms with Crippen molar-refractivity contribution in [1.82, 2.24) is 20.3 Å². The van der Waals surface area contributed by atoms with E-state index in [9.17, 15) is 9.59 Å². The second kappa shape index (κ2) is 6.74. The molecular weight excluding hydrogens is 306 g/mol. The normalized spacial score (nSPS) is 11.7. The predicted octanol–water partition coefficient (Wildman–Crippen LogP) is 1.22. The van der Waals surface area contributed by atoms with Crippen LogP contribution in [-0.2, 0) is 4.79 Å². The highest BCUT2D eigenvalue weighted by Gasteiger charge is 2.22. The van der Waals surface area contributed by atoms with Crippen molar-refractivity contribution >= 4 is 11.8 Å². The average Bonchev–Trinajstić information content (AvgIpc) is 3.11. The van der Waals surface area contributed by atoms with Crippen LogP contribution in [0.1, 0.15) is 22.1 Å². The lowest BCUT2D eigenvalue weighted by Gasteiger charge is -2.14. The number of nitrogens with zero attached hydrogens (tertiary/aromatic N) is 3. The van der Waals surface area contributed by atoms with Crippen LogP contribution in [0.2, 0.25) is 0 Å². The maximum absolute atomic E-state index is 12.3. The topological polar surface area (TPSA) is 103 Å². The van der Waals surface area contributed by atoms with Crippen LogP contribution >= 0.6 is 0 Å². The number of nitrogens with one attached hydrogen (secondary N) is 1. The molecule has 0 radical (unpaired) electrons. The zero-order valence-corrected chi connectivity index (χ0v) is 12.7. The molecule has 3 rings (SSSR count). The summed E-state index contributed by atoms with van der Waals surface area (Å²) in [5, 5.41) is 10.8. The van der Waals surface area contributed by atoms with Gasteiger partial charge in [0.25, 0.3) is 5.91 Å². The number of carbonyl (C=O) groups excluding carboxylic acids is 2. The van der Waals surface area contributed by atoms with Gasteiger partial charge in [0.1, 0.15) is 6.04 Å². The second-order valence-electron chi connectivity index (χ2n) is 5.07. The molecule has 3 aromatic rings. The second-order valence-corrected chi connectivity index (χ2v) is 5.07. The molecule has 1 heterocycles. The number of rotatable bonds is 5. The summed E-state index contributed by atoms with van der Waals surface area (Å²) in [6.45, 7) is 0. The SMILES string of the molecule is NC(=O)[C@H](NC(=O)c1cnn(-c2ccccc2)n1)c1ccccc1. The monoisotopic (exact) mass is 321 g/mol. The Bertz CT molecular complexity index is 846. The van der Waals surface area contributed by atoms with Crippen molar-refractivity contribution < 1.29 is 9.59 Å². The third-order valence-corrected chi connectivity index (χ3v) is 3.40. The number of para-hydroxylation sites is 1. The third-order valence-electron chi connectivity index (χ3n) is 3.40. The Morgan fingerprint density at radius 3 is 2.25 bits per heavy atom. The molecule has 120 valence electrons. The summed E-state index contributed by atoms with van der Waals surface area (Å²) in [7, 11) is 0. The van der Waals surface area contributed by atoms with Crippen LogP contribution in [0.15, 0.2) is 66.9 Å². The standard InChI is InChI=1S/C17H15N5O2/c18-16(23)15(12-7-3-1-4-8-12)20-17(24)14-11-19-22(21-14)13-9-5-2-6-10-13/h1-11,15H,(H2,18,23)(H,20,24)/t15-/m1/s1. The van der Waals surface area contributed by atoms with Gasteiger partial charge < -0.3 is 11.1 Å². The van der Waals surface area contributed by atoms with Crippen molar-refractivity contribution in [2.45, 2.75) is 6.04 Å². The number of benzene rings is 2. The van der Waals surface area contributed by atoms with Crippen molar-refractivity contribution in [3.05, 3.63) is 78.1 Å². The van der Waals surface area contributed by atoms with Gasteiger partial charge in [-0.25, -0.2) is 0 Å². The highest BCUT2D eigenvalue weighted by Crippen LogP contribution is 2.13. The summed E-state index contributed by atoms with van der Waals surface area (Å²) in [4.78, 5) is 25.3. The lowest BCUT2D eigenvalue weighted by molar-refractivity contribution is -0.120. The minimum Gasteiger partial charge on any atom is -0.368 e. The van der Waals surface area contributed by atoms with Crippen LogP contribution < -0.4 is 11.1 Å². The number of amides is 2. The fourth-order valence-corrected chi connectivity index (χ4v) is 2.22. The van der Waals surface area contributed by atoms with Crippen molar-refractivity contribution in [2.75, 3.05) is 0 Å². The fraction of sp³-hybridized carbons (Fsp3) is 0.0588. The van der Waals surface area contributed by atoms with Gasteiger partial charge in [0.05, 0.1) is 11.9 Å². The number of primary amides is 1. The van der Waals surface area contributed by atoms with Gasteiger partial charge in [0.15, 0.2) is 5.69 Å². The summed E-state index contributed by atoms with van der Waals surface area (Å²) in [5.74, 6) is -1.17. The first-order chi connectivity index (χ1) is 11.6. The van der Waals surface area contributed by atoms with Gasteiger partial charge in [-0.3, -0.25) is 9.59 Å². The van der Waals surface area contributed by atoms with E-state index in [4.69, 9.17) is 5.73 Å². The van der Waals surface area contributed by atoms with Gasteiger partial charge >= 0.3 is 0 Å². The maximum Gasteiger partial charge on any atom is 0.274 e. The lowest BCUT2D eigenvalue weighted by atomic mass is 10.1. The Balaban J connectivity index is 1.79. The number of aromatic nitrogens is 3. The molecule has 0 saturated heterocycles. The quantitative estimate of drug-likeness (QED) is 0.737. The van der Waals surface area contributed by atoms with Gasteiger partial charge in [0.2, 0.25) is 5.91 Å². The average molecular weight is 321 g/mol. The lowest BCUT2D eigenvalue weighted by Crippen LogP contribution is -2.37. The molecule has 0 saturated carbocycles. The van der Waals surface area contributed by atoms with Crippen LogP contribution in [0, 0.1) is 0 Å². The number of carbonyl (C=O) groups is 2. The van der Waals surface area contributed by atoms with Gasteiger partial charge in [-0.05, 0) is 17.7 Å². The van der Waals surface area contributed by atoms with Crippen molar-refractivity contribution in [2.24, 2.45) is 5.73 Å². The van der Waals surface area contributed by atoms with Gasteiger partial charge in [-0.1, -0.05) is 48.5 Å². The summed E-state index contributed by atoms with van der Waals surface area (Å²) >= 11 is 0. The van der Waals surface area contributed by atoms with Crippen LogP contribution in [0.5, 0.6) is 0 Å². The van der Waals surface area contributed by atoms with E-state index in [1.165, 1.54) is 11.0 Å². The van der Waals surface area contributed by atoms with E-state index in [0.29, 0.717) is 5.56 Å². The molecule has 2 amide bonds. The van der Waals surface area contributed by atoms with E-state index >= 15 is 0 Å². The Morgan fingerprint density at radius 2 is 1.62 bits per heavy atom. The first kappa shape index (κ1) is 15.4. The molecule has 0 aliphatic rings. The maximum atomic E-state index is 12.3. The first-order valence-electron chi connectivity index (χ1n) is 7.28. The summed E-state index contributed by atoms with van der Waals surface area (Å²) in [6, 6.07) is 17.1. The highest BCUT2D eigenvalue weighted by atomic mass is 16.2. The highest BCUT2D eigenvalue weighted by molar-refractivity contribution is 5.95. The largest absolute Gasteiger partial charge is 0.368 e. The van der Waals surface area contributed by atoms with Crippen LogP contribution in [0.25, 0.3) is 5.69 Å². The predicted molar refractivity (Wildman–Crippen MR) is 87.2 cm³/mol. The molecule has 24 heavy (non-hydrogen) atoms. The van der Waals surface area contributed by atoms with Gasteiger partial charge in [-0.2, -0.15) is 9.90 Å². The molecule has 3 N–H and O–H groups in total. The molecule has 1 aromatic heterocycles. The first-order valence-corrected chi connectivity index (χ1v) is 7.28. The Labute approximate surface area is 138 Å². The molecule has 1 atom stereocenters. The Kier molecular flexibility index (Phi) is 4.33. The van der Waals surface area contributed by atoms with Gasteiger partial charge in [-0.15, -0.1) is 5.10 Å². The molecule has 7 nitrogen and oxygen atoms in total. The minimum absolute atomic E-state index is 0.0982. The van der Waals surface area contributed by atoms with E-state index in [0.717, 1.165) is 5.69 Å². The molecule has 7 heteroatoms. The number of nitrogens with two attached hydrogens (primary N) is 1. The van der Waals surface area contributed by atoms with E-state index < -0.39 is 17.9 Å². The van der Waals surface area contributed by atoms with E-state index in [1.54, 1.807) is 24.3 Å². The number of hydrogen-bond donors (Lipinski definition) is 2. The zero-order chi connectivity index (χ0) is 16.9. The molecule has 0 aliphatic carbocycles. The summed E-state index contributed by atoms with van der Waals surface area (Å²) in [5.41, 5.74) is 6.83.